The van der Waals surface area contributed by atoms with Crippen molar-refractivity contribution in [2.24, 2.45) is 0 Å². The molecule has 0 unspecified atom stereocenters. The monoisotopic (exact) mass is 202 g/mol. The Morgan fingerprint density at radius 1 is 1.47 bits per heavy atom. The Morgan fingerprint density at radius 3 is 2.67 bits per heavy atom. The molecule has 0 spiro atoms. The number of urea groups is 1. The van der Waals surface area contributed by atoms with Crippen molar-refractivity contribution in [1.82, 2.24) is 4.90 Å². The second-order valence-electron chi connectivity index (χ2n) is 3.01. The van der Waals surface area contributed by atoms with Crippen LogP contribution in [0.4, 0.5) is 10.5 Å². The topological polar surface area (TPSA) is 32.3 Å². The molecule has 2 amide bonds. The molecule has 0 fully saturated rings. The first-order valence-electron chi connectivity index (χ1n) is 4.82. The Bertz CT molecular complexity index is 354. The highest BCUT2D eigenvalue weighted by Gasteiger charge is 2.09. The molecule has 0 aliphatic rings. The lowest BCUT2D eigenvalue weighted by Gasteiger charge is -2.18. The van der Waals surface area contributed by atoms with Gasteiger partial charge >= 0.3 is 6.03 Å². The van der Waals surface area contributed by atoms with Crippen LogP contribution in [0.5, 0.6) is 0 Å². The number of terminal acetylenes is 1. The summed E-state index contributed by atoms with van der Waals surface area (Å²) in [5, 5.41) is 2.77. The minimum Gasteiger partial charge on any atom is -0.314 e. The first-order chi connectivity index (χ1) is 7.27. The number of amides is 2. The predicted octanol–water partition coefficient (Wildman–Crippen LogP) is 2.17. The molecule has 1 aromatic carbocycles. The van der Waals surface area contributed by atoms with Crippen LogP contribution < -0.4 is 5.32 Å². The lowest BCUT2D eigenvalue weighted by atomic mass is 10.3. The van der Waals surface area contributed by atoms with Gasteiger partial charge in [0.25, 0.3) is 0 Å². The zero-order valence-corrected chi connectivity index (χ0v) is 8.73. The van der Waals surface area contributed by atoms with Crippen LogP contribution in [0.2, 0.25) is 0 Å². The van der Waals surface area contributed by atoms with Gasteiger partial charge in [0.05, 0.1) is 6.54 Å². The number of hydrogen-bond donors (Lipinski definition) is 1. The fourth-order valence-electron chi connectivity index (χ4n) is 1.16. The Kier molecular flexibility index (Phi) is 4.24. The minimum absolute atomic E-state index is 0.165. The summed E-state index contributed by atoms with van der Waals surface area (Å²) in [6.45, 7) is 2.82. The van der Waals surface area contributed by atoms with Crippen LogP contribution in [0, 0.1) is 12.3 Å². The van der Waals surface area contributed by atoms with Gasteiger partial charge in [-0.05, 0) is 19.1 Å². The SMILES string of the molecule is C#CCN(CC)C(=O)Nc1ccccc1. The molecule has 0 heterocycles. The molecule has 0 aliphatic heterocycles. The second-order valence-corrected chi connectivity index (χ2v) is 3.01. The lowest BCUT2D eigenvalue weighted by Crippen LogP contribution is -2.34. The molecule has 0 saturated heterocycles. The number of nitrogens with one attached hydrogen (secondary N) is 1. The number of para-hydroxylation sites is 1. The number of benzene rings is 1. The number of anilines is 1. The van der Waals surface area contributed by atoms with Gasteiger partial charge in [-0.1, -0.05) is 24.1 Å². The molecule has 0 saturated carbocycles. The lowest BCUT2D eigenvalue weighted by molar-refractivity contribution is 0.220. The van der Waals surface area contributed by atoms with Crippen molar-refractivity contribution >= 4 is 11.7 Å². The van der Waals surface area contributed by atoms with Crippen molar-refractivity contribution in [3.63, 3.8) is 0 Å². The van der Waals surface area contributed by atoms with Gasteiger partial charge in [0.15, 0.2) is 0 Å². The zero-order valence-electron chi connectivity index (χ0n) is 8.73. The van der Waals surface area contributed by atoms with Gasteiger partial charge in [0.1, 0.15) is 0 Å². The number of carbonyl (C=O) groups excluding carboxylic acids is 1. The molecule has 0 aromatic heterocycles. The van der Waals surface area contributed by atoms with E-state index in [-0.39, 0.29) is 6.03 Å². The summed E-state index contributed by atoms with van der Waals surface area (Å²) in [5.41, 5.74) is 0.776. The summed E-state index contributed by atoms with van der Waals surface area (Å²) < 4.78 is 0. The van der Waals surface area contributed by atoms with Gasteiger partial charge in [-0.2, -0.15) is 0 Å². The van der Waals surface area contributed by atoms with E-state index in [2.05, 4.69) is 11.2 Å². The van der Waals surface area contributed by atoms with Gasteiger partial charge in [0, 0.05) is 12.2 Å². The summed E-state index contributed by atoms with van der Waals surface area (Å²) >= 11 is 0. The van der Waals surface area contributed by atoms with E-state index in [0.717, 1.165) is 5.69 Å². The van der Waals surface area contributed by atoms with E-state index >= 15 is 0 Å². The van der Waals surface area contributed by atoms with E-state index in [4.69, 9.17) is 6.42 Å². The van der Waals surface area contributed by atoms with Crippen molar-refractivity contribution in [1.29, 1.82) is 0 Å². The van der Waals surface area contributed by atoms with Crippen LogP contribution in [0.3, 0.4) is 0 Å². The van der Waals surface area contributed by atoms with E-state index in [0.29, 0.717) is 13.1 Å². The third-order valence-corrected chi connectivity index (χ3v) is 1.98. The fourth-order valence-corrected chi connectivity index (χ4v) is 1.16. The van der Waals surface area contributed by atoms with Crippen LogP contribution in [0.15, 0.2) is 30.3 Å². The van der Waals surface area contributed by atoms with Crippen LogP contribution in [0.1, 0.15) is 6.92 Å². The molecule has 1 aromatic rings. The molecule has 1 rings (SSSR count). The highest BCUT2D eigenvalue weighted by atomic mass is 16.2. The van der Waals surface area contributed by atoms with Gasteiger partial charge in [-0.3, -0.25) is 0 Å². The molecule has 0 aliphatic carbocycles. The summed E-state index contributed by atoms with van der Waals surface area (Å²) in [5.74, 6) is 2.45. The minimum atomic E-state index is -0.165. The average Bonchev–Trinajstić information content (AvgIpc) is 2.27. The molecule has 78 valence electrons. The number of nitrogens with zero attached hydrogens (tertiary/aromatic N) is 1. The molecule has 0 radical (unpaired) electrons. The van der Waals surface area contributed by atoms with Crippen LogP contribution in [-0.4, -0.2) is 24.0 Å². The van der Waals surface area contributed by atoms with E-state index in [1.807, 2.05) is 37.3 Å². The molecule has 15 heavy (non-hydrogen) atoms. The van der Waals surface area contributed by atoms with E-state index in [9.17, 15) is 4.79 Å². The van der Waals surface area contributed by atoms with Gasteiger partial charge in [0.2, 0.25) is 0 Å². The highest BCUT2D eigenvalue weighted by molar-refractivity contribution is 5.89. The van der Waals surface area contributed by atoms with Crippen molar-refractivity contribution in [2.45, 2.75) is 6.92 Å². The van der Waals surface area contributed by atoms with E-state index < -0.39 is 0 Å². The van der Waals surface area contributed by atoms with E-state index in [1.54, 1.807) is 4.90 Å². The summed E-state index contributed by atoms with van der Waals surface area (Å²) in [4.78, 5) is 13.2. The zero-order chi connectivity index (χ0) is 11.1. The Hall–Kier alpha value is -1.95. The first-order valence-corrected chi connectivity index (χ1v) is 4.82. The summed E-state index contributed by atoms with van der Waals surface area (Å²) in [7, 11) is 0. The molecule has 0 bridgehead atoms. The molecule has 0 atom stereocenters. The first kappa shape index (κ1) is 11.1. The van der Waals surface area contributed by atoms with Gasteiger partial charge < -0.3 is 10.2 Å². The number of hydrogen-bond acceptors (Lipinski definition) is 1. The third kappa shape index (κ3) is 3.35. The van der Waals surface area contributed by atoms with Gasteiger partial charge in [-0.25, -0.2) is 4.79 Å². The quantitative estimate of drug-likeness (QED) is 0.748. The maximum absolute atomic E-state index is 11.7. The van der Waals surface area contributed by atoms with Crippen molar-refractivity contribution < 1.29 is 4.79 Å². The van der Waals surface area contributed by atoms with E-state index in [1.165, 1.54) is 0 Å². The van der Waals surface area contributed by atoms with Crippen LogP contribution in [-0.2, 0) is 0 Å². The number of carbonyl (C=O) groups is 1. The maximum atomic E-state index is 11.7. The molecule has 1 N–H and O–H groups in total. The Balaban J connectivity index is 2.59. The summed E-state index contributed by atoms with van der Waals surface area (Å²) in [6, 6.07) is 9.14. The average molecular weight is 202 g/mol. The molecule has 3 heteroatoms. The smallest absolute Gasteiger partial charge is 0.314 e. The Labute approximate surface area is 90.1 Å². The maximum Gasteiger partial charge on any atom is 0.322 e. The third-order valence-electron chi connectivity index (χ3n) is 1.98. The van der Waals surface area contributed by atoms with Gasteiger partial charge in [-0.15, -0.1) is 6.42 Å². The molecular weight excluding hydrogens is 188 g/mol. The largest absolute Gasteiger partial charge is 0.322 e. The van der Waals surface area contributed by atoms with Crippen LogP contribution in [0.25, 0.3) is 0 Å². The fraction of sp³-hybridized carbons (Fsp3) is 0.250. The standard InChI is InChI=1S/C12H14N2O/c1-3-10-14(4-2)12(15)13-11-8-6-5-7-9-11/h1,5-9H,4,10H2,2H3,(H,13,15). The van der Waals surface area contributed by atoms with Crippen molar-refractivity contribution in [3.8, 4) is 12.3 Å². The molecular formula is C12H14N2O. The normalized spacial score (nSPS) is 9.07. The second kappa shape index (κ2) is 5.71. The predicted molar refractivity (Wildman–Crippen MR) is 61.5 cm³/mol. The highest BCUT2D eigenvalue weighted by Crippen LogP contribution is 2.06. The number of rotatable bonds is 3. The van der Waals surface area contributed by atoms with Crippen molar-refractivity contribution in [2.75, 3.05) is 18.4 Å². The summed E-state index contributed by atoms with van der Waals surface area (Å²) in [6.07, 6.45) is 5.16. The molecule has 3 nitrogen and oxygen atoms in total. The van der Waals surface area contributed by atoms with Crippen molar-refractivity contribution in [3.05, 3.63) is 30.3 Å². The van der Waals surface area contributed by atoms with Crippen LogP contribution >= 0.6 is 0 Å². The Morgan fingerprint density at radius 2 is 2.13 bits per heavy atom.